The van der Waals surface area contributed by atoms with Gasteiger partial charge in [0.15, 0.2) is 0 Å². The molecule has 0 fully saturated rings. The summed E-state index contributed by atoms with van der Waals surface area (Å²) in [4.78, 5) is 4.88. The van der Waals surface area contributed by atoms with E-state index in [0.717, 1.165) is 67.3 Å². The number of para-hydroxylation sites is 2. The fourth-order valence-electron chi connectivity index (χ4n) is 9.80. The Kier molecular flexibility index (Phi) is 8.85. The van der Waals surface area contributed by atoms with Gasteiger partial charge in [-0.2, -0.15) is 0 Å². The van der Waals surface area contributed by atoms with E-state index < -0.39 is 6.04 Å². The van der Waals surface area contributed by atoms with Gasteiger partial charge in [0.25, 0.3) is 0 Å². The molecule has 5 nitrogen and oxygen atoms in total. The molecule has 0 spiro atoms. The molecule has 3 heterocycles. The number of pyridine rings is 1. The first kappa shape index (κ1) is 35.9. The minimum absolute atomic E-state index is 0.146. The number of hydrogen-bond donors (Lipinski definition) is 0. The molecule has 0 amide bonds. The summed E-state index contributed by atoms with van der Waals surface area (Å²) in [6.45, 7) is 6.50. The van der Waals surface area contributed by atoms with E-state index in [-0.39, 0.29) is 35.1 Å². The minimum atomic E-state index is -0.425. The number of imidazole rings is 1. The van der Waals surface area contributed by atoms with Crippen LogP contribution in [0.2, 0.25) is 0 Å². The first-order valence-electron chi connectivity index (χ1n) is 25.1. The molecular weight excluding hydrogens is 1000 g/mol. The molecule has 12 rings (SSSR count). The van der Waals surface area contributed by atoms with Gasteiger partial charge < -0.3 is 0 Å². The van der Waals surface area contributed by atoms with Gasteiger partial charge in [-0.15, -0.1) is 0 Å². The average molecular weight is 1050 g/mol. The van der Waals surface area contributed by atoms with Crippen molar-refractivity contribution in [2.45, 2.75) is 45.4 Å². The van der Waals surface area contributed by atoms with Gasteiger partial charge in [-0.25, -0.2) is 0 Å². The molecule has 8 aromatic carbocycles. The van der Waals surface area contributed by atoms with Gasteiger partial charge in [0.2, 0.25) is 0 Å². The van der Waals surface area contributed by atoms with Gasteiger partial charge in [-0.3, -0.25) is 0 Å². The molecule has 67 heavy (non-hydrogen) atoms. The molecule has 328 valence electrons. The second-order valence-corrected chi connectivity index (χ2v) is 19.1. The summed E-state index contributed by atoms with van der Waals surface area (Å²) in [5.41, 5.74) is 14.9. The van der Waals surface area contributed by atoms with Crippen LogP contribution in [0.25, 0.3) is 83.4 Å². The standard InChI is InChI=1S/C61H46N4O.Pt/c1-61(2,3)46-33-34-62-58(37-46)65-54-32-29-44(41-17-7-4-8-18-41)35-53(54)51-31-30-49(39-57(51)65)66-48-25-16-24-47(38-48)63-40-64(56-28-14-13-27-55(56)63)60-52(42-19-9-5-10-20-42)36-45-23-15-26-50(45)59(60)43-21-11-6-12-22-43;/h4-14,16-22,24-25,27-37H,15,23,26H2,1-3H3;/q-2;/i4D,7D,8D,17D,18D;. The van der Waals surface area contributed by atoms with E-state index in [1.54, 1.807) is 0 Å². The molecule has 0 radical (unpaired) electrons. The monoisotopic (exact) mass is 1050 g/mol. The Hall–Kier alpha value is -7.33. The van der Waals surface area contributed by atoms with Crippen LogP contribution in [0, 0.1) is 15.9 Å². The van der Waals surface area contributed by atoms with Crippen molar-refractivity contribution in [1.82, 2.24) is 18.7 Å². The van der Waals surface area contributed by atoms with Crippen LogP contribution < -0.4 is 4.74 Å². The molecule has 0 bridgehead atoms. The smallest absolute Gasteiger partial charge is 0.0617 e. The number of ether oxygens (including phenoxy) is 1. The summed E-state index contributed by atoms with van der Waals surface area (Å²) < 4.78 is 56.9. The van der Waals surface area contributed by atoms with Gasteiger partial charge in [0.05, 0.1) is 6.85 Å². The third-order valence-corrected chi connectivity index (χ3v) is 14.0. The van der Waals surface area contributed by atoms with E-state index in [1.165, 1.54) is 33.4 Å². The summed E-state index contributed by atoms with van der Waals surface area (Å²) in [5, 5.41) is 1.65. The Morgan fingerprint density at radius 1 is 0.612 bits per heavy atom. The van der Waals surface area contributed by atoms with E-state index in [2.05, 4.69) is 169 Å². The van der Waals surface area contributed by atoms with Gasteiger partial charge >= 0.3 is 312 Å². The number of nitrogens with zero attached hydrogens (tertiary/aromatic N) is 4. The summed E-state index contributed by atoms with van der Waals surface area (Å²) in [6.07, 6.45) is 5.03. The fourth-order valence-corrected chi connectivity index (χ4v) is 10.9. The third-order valence-electron chi connectivity index (χ3n) is 12.9. The van der Waals surface area contributed by atoms with Gasteiger partial charge in [-0.1, -0.05) is 57.0 Å². The molecule has 11 aromatic rings. The quantitative estimate of drug-likeness (QED) is 0.142. The van der Waals surface area contributed by atoms with E-state index in [9.17, 15) is 0 Å². The summed E-state index contributed by atoms with van der Waals surface area (Å²) >= 11 is 2.48. The second-order valence-electron chi connectivity index (χ2n) is 18.1. The SMILES string of the molecule is [2H]c1c([2H])c([2H])c(-c2ccc3c(c2)c2ccc(Oc4[c-]c(-n5[c](=[Pt])n(-c6c(-c7ccccc7)cc7c(c6-c6ccccc6)CCC7)c6ccccc65)ccc4)[c-]c2n3-c2cc(C(C)(C)C)ccn2)c([2H])c1[2H]. The van der Waals surface area contributed by atoms with E-state index >= 15 is 0 Å². The minimum Gasteiger partial charge on any atom is -0.0617 e. The Morgan fingerprint density at radius 2 is 1.34 bits per heavy atom. The average Bonchev–Trinajstić information content (AvgIpc) is 4.09. The zero-order valence-electron chi connectivity index (χ0n) is 42.1. The number of aryl methyl sites for hydroxylation is 1. The van der Waals surface area contributed by atoms with Crippen LogP contribution in [-0.4, -0.2) is 18.7 Å². The van der Waals surface area contributed by atoms with Crippen molar-refractivity contribution >= 4 is 32.8 Å². The molecule has 0 saturated heterocycles. The molecular formula is C61H46N4OPt-2. The Bertz CT molecular complexity index is 4030. The summed E-state index contributed by atoms with van der Waals surface area (Å²) in [6, 6.07) is 57.7. The predicted octanol–water partition coefficient (Wildman–Crippen LogP) is 15.2. The van der Waals surface area contributed by atoms with Crippen molar-refractivity contribution in [2.75, 3.05) is 0 Å². The van der Waals surface area contributed by atoms with Crippen molar-refractivity contribution in [3.05, 3.63) is 221 Å². The van der Waals surface area contributed by atoms with E-state index in [0.29, 0.717) is 28.4 Å². The number of hydrogen-bond acceptors (Lipinski definition) is 2. The van der Waals surface area contributed by atoms with Gasteiger partial charge in [-0.05, 0) is 28.2 Å². The molecule has 3 aromatic heterocycles. The molecule has 0 N–H and O–H groups in total. The molecule has 0 aliphatic heterocycles. The molecule has 6 heteroatoms. The van der Waals surface area contributed by atoms with Gasteiger partial charge in [0, 0.05) is 6.20 Å². The Morgan fingerprint density at radius 3 is 2.12 bits per heavy atom. The normalized spacial score (nSPS) is 13.7. The number of fused-ring (bicyclic) bond motifs is 5. The summed E-state index contributed by atoms with van der Waals surface area (Å²) in [5.74, 6) is 1.67. The van der Waals surface area contributed by atoms with Crippen LogP contribution in [-0.2, 0) is 37.6 Å². The van der Waals surface area contributed by atoms with Crippen molar-refractivity contribution in [2.24, 2.45) is 0 Å². The van der Waals surface area contributed by atoms with Crippen LogP contribution in [0.1, 0.15) is 50.7 Å². The van der Waals surface area contributed by atoms with Crippen molar-refractivity contribution in [3.63, 3.8) is 0 Å². The number of benzene rings is 8. The van der Waals surface area contributed by atoms with Crippen molar-refractivity contribution in [1.29, 1.82) is 0 Å². The topological polar surface area (TPSA) is 36.9 Å². The second kappa shape index (κ2) is 16.5. The van der Waals surface area contributed by atoms with Crippen LogP contribution in [0.15, 0.2) is 188 Å². The first-order valence-corrected chi connectivity index (χ1v) is 23.7. The first-order chi connectivity index (χ1) is 34.9. The van der Waals surface area contributed by atoms with E-state index in [4.69, 9.17) is 16.6 Å². The van der Waals surface area contributed by atoms with Crippen LogP contribution >= 0.6 is 0 Å². The zero-order chi connectivity index (χ0) is 49.6. The zero-order valence-corrected chi connectivity index (χ0v) is 39.4. The molecule has 0 atom stereocenters. The predicted molar refractivity (Wildman–Crippen MR) is 269 cm³/mol. The molecule has 0 unspecified atom stereocenters. The molecule has 1 aliphatic rings. The summed E-state index contributed by atoms with van der Waals surface area (Å²) in [7, 11) is 0. The van der Waals surface area contributed by atoms with Crippen molar-refractivity contribution in [3.8, 4) is 62.1 Å². The van der Waals surface area contributed by atoms with Crippen LogP contribution in [0.5, 0.6) is 11.5 Å². The van der Waals surface area contributed by atoms with Crippen LogP contribution in [0.3, 0.4) is 0 Å². The number of rotatable bonds is 8. The number of aromatic nitrogens is 4. The Balaban J connectivity index is 1.01. The molecule has 1 aliphatic carbocycles. The van der Waals surface area contributed by atoms with Gasteiger partial charge in [0.1, 0.15) is 0 Å². The maximum atomic E-state index is 8.75. The molecule has 0 saturated carbocycles. The third kappa shape index (κ3) is 7.21. The maximum absolute atomic E-state index is 8.75. The van der Waals surface area contributed by atoms with Crippen molar-refractivity contribution < 1.29 is 30.9 Å². The Labute approximate surface area is 408 Å². The van der Waals surface area contributed by atoms with Crippen LogP contribution in [0.4, 0.5) is 0 Å². The fraction of sp³-hybridized carbons (Fsp3) is 0.115. The van der Waals surface area contributed by atoms with E-state index in [1.807, 2.05) is 54.7 Å².